The number of benzene rings is 1. The van der Waals surface area contributed by atoms with Crippen molar-refractivity contribution < 1.29 is 14.8 Å². The average molecular weight is 211 g/mol. The molecule has 82 valence electrons. The number of nitro groups is 1. The molecule has 0 heterocycles. The fourth-order valence-corrected chi connectivity index (χ4v) is 1.07. The van der Waals surface area contributed by atoms with Crippen molar-refractivity contribution in [3.05, 3.63) is 39.9 Å². The van der Waals surface area contributed by atoms with Gasteiger partial charge in [-0.1, -0.05) is 19.1 Å². The summed E-state index contributed by atoms with van der Waals surface area (Å²) in [5.74, 6) is 0. The van der Waals surface area contributed by atoms with Crippen LogP contribution in [-0.4, -0.2) is 16.3 Å². The van der Waals surface area contributed by atoms with E-state index >= 15 is 0 Å². The van der Waals surface area contributed by atoms with Crippen LogP contribution in [0.5, 0.6) is 0 Å². The van der Waals surface area contributed by atoms with Crippen molar-refractivity contribution in [3.63, 3.8) is 0 Å². The van der Waals surface area contributed by atoms with Crippen molar-refractivity contribution in [2.45, 2.75) is 26.2 Å². The highest BCUT2D eigenvalue weighted by Gasteiger charge is 2.06. The normalized spacial score (nSPS) is 12.4. The number of rotatable bonds is 5. The van der Waals surface area contributed by atoms with Gasteiger partial charge in [-0.3, -0.25) is 10.1 Å². The van der Waals surface area contributed by atoms with E-state index in [1.165, 1.54) is 12.1 Å². The van der Waals surface area contributed by atoms with E-state index in [0.29, 0.717) is 12.0 Å². The van der Waals surface area contributed by atoms with Gasteiger partial charge >= 0.3 is 0 Å². The maximum absolute atomic E-state index is 10.5. The first-order chi connectivity index (χ1) is 7.13. The van der Waals surface area contributed by atoms with Gasteiger partial charge in [0, 0.05) is 12.1 Å². The highest BCUT2D eigenvalue weighted by atomic mass is 16.6. The lowest BCUT2D eigenvalue weighted by molar-refractivity contribution is -0.385. The second-order valence-electron chi connectivity index (χ2n) is 3.10. The van der Waals surface area contributed by atoms with Crippen LogP contribution in [0.4, 0.5) is 5.69 Å². The molecule has 1 rings (SSSR count). The largest absolute Gasteiger partial charge is 0.368 e. The summed E-state index contributed by atoms with van der Waals surface area (Å²) < 4.78 is 5.04. The van der Waals surface area contributed by atoms with E-state index in [-0.39, 0.29) is 12.3 Å². The standard InChI is InChI=1S/C10H13NO4/c1-2-10(12)15-7-8-4-3-5-9(6-8)11(13)14/h3-6,10,12H,2,7H2,1H3. The zero-order valence-electron chi connectivity index (χ0n) is 8.42. The Balaban J connectivity index is 2.62. The Morgan fingerprint density at radius 1 is 1.60 bits per heavy atom. The van der Waals surface area contributed by atoms with E-state index in [4.69, 9.17) is 9.84 Å². The lowest BCUT2D eigenvalue weighted by atomic mass is 10.2. The van der Waals surface area contributed by atoms with Gasteiger partial charge in [0.25, 0.3) is 5.69 Å². The summed E-state index contributed by atoms with van der Waals surface area (Å²) in [6, 6.07) is 6.16. The molecule has 0 saturated heterocycles. The van der Waals surface area contributed by atoms with Crippen LogP contribution in [0.2, 0.25) is 0 Å². The summed E-state index contributed by atoms with van der Waals surface area (Å²) in [6.07, 6.45) is -0.321. The molecular formula is C10H13NO4. The maximum Gasteiger partial charge on any atom is 0.269 e. The van der Waals surface area contributed by atoms with E-state index in [1.54, 1.807) is 19.1 Å². The number of hydrogen-bond acceptors (Lipinski definition) is 4. The van der Waals surface area contributed by atoms with Gasteiger partial charge in [-0.15, -0.1) is 0 Å². The molecule has 15 heavy (non-hydrogen) atoms. The summed E-state index contributed by atoms with van der Waals surface area (Å²) in [5.41, 5.74) is 0.707. The van der Waals surface area contributed by atoms with E-state index < -0.39 is 11.2 Å². The zero-order valence-corrected chi connectivity index (χ0v) is 8.42. The van der Waals surface area contributed by atoms with Crippen LogP contribution in [0.3, 0.4) is 0 Å². The zero-order chi connectivity index (χ0) is 11.3. The number of nitrogens with zero attached hydrogens (tertiary/aromatic N) is 1. The first kappa shape index (κ1) is 11.6. The Hall–Kier alpha value is -1.46. The van der Waals surface area contributed by atoms with Crippen molar-refractivity contribution in [3.8, 4) is 0 Å². The molecule has 1 unspecified atom stereocenters. The quantitative estimate of drug-likeness (QED) is 0.458. The number of hydrogen-bond donors (Lipinski definition) is 1. The number of aliphatic hydroxyl groups is 1. The van der Waals surface area contributed by atoms with Gasteiger partial charge in [0.15, 0.2) is 6.29 Å². The van der Waals surface area contributed by atoms with Crippen molar-refractivity contribution in [2.24, 2.45) is 0 Å². The predicted octanol–water partition coefficient (Wildman–Crippen LogP) is 1.84. The number of nitro benzene ring substituents is 1. The third kappa shape index (κ3) is 3.65. The molecule has 1 aromatic carbocycles. The number of ether oxygens (including phenoxy) is 1. The van der Waals surface area contributed by atoms with Crippen LogP contribution in [0.25, 0.3) is 0 Å². The van der Waals surface area contributed by atoms with E-state index in [2.05, 4.69) is 0 Å². The molecule has 0 bridgehead atoms. The molecule has 0 aliphatic rings. The third-order valence-electron chi connectivity index (χ3n) is 1.91. The molecule has 0 amide bonds. The minimum Gasteiger partial charge on any atom is -0.368 e. The lowest BCUT2D eigenvalue weighted by Crippen LogP contribution is -2.09. The SMILES string of the molecule is CCC(O)OCc1cccc([N+](=O)[O-])c1. The van der Waals surface area contributed by atoms with E-state index in [9.17, 15) is 10.1 Å². The molecule has 0 fully saturated rings. The summed E-state index contributed by atoms with van der Waals surface area (Å²) in [4.78, 5) is 10.0. The Morgan fingerprint density at radius 3 is 2.93 bits per heavy atom. The van der Waals surface area contributed by atoms with E-state index in [0.717, 1.165) is 0 Å². The molecule has 0 radical (unpaired) electrons. The summed E-state index contributed by atoms with van der Waals surface area (Å²) in [7, 11) is 0. The van der Waals surface area contributed by atoms with Crippen LogP contribution in [0.15, 0.2) is 24.3 Å². The topological polar surface area (TPSA) is 72.6 Å². The highest BCUT2D eigenvalue weighted by molar-refractivity contribution is 5.33. The molecule has 5 heteroatoms. The van der Waals surface area contributed by atoms with Crippen molar-refractivity contribution in [1.29, 1.82) is 0 Å². The molecule has 1 aromatic rings. The molecule has 0 aliphatic carbocycles. The number of aliphatic hydroxyl groups excluding tert-OH is 1. The van der Waals surface area contributed by atoms with Gasteiger partial charge < -0.3 is 9.84 Å². The molecule has 0 aromatic heterocycles. The second kappa shape index (κ2) is 5.43. The smallest absolute Gasteiger partial charge is 0.269 e. The molecule has 0 aliphatic heterocycles. The van der Waals surface area contributed by atoms with Crippen molar-refractivity contribution in [1.82, 2.24) is 0 Å². The van der Waals surface area contributed by atoms with Crippen molar-refractivity contribution >= 4 is 5.69 Å². The highest BCUT2D eigenvalue weighted by Crippen LogP contribution is 2.14. The predicted molar refractivity (Wildman–Crippen MR) is 54.2 cm³/mol. The van der Waals surface area contributed by atoms with Gasteiger partial charge in [-0.25, -0.2) is 0 Å². The Labute approximate surface area is 87.5 Å². The molecule has 1 atom stereocenters. The van der Waals surface area contributed by atoms with Gasteiger partial charge in [-0.05, 0) is 12.0 Å². The van der Waals surface area contributed by atoms with Crippen molar-refractivity contribution in [2.75, 3.05) is 0 Å². The first-order valence-electron chi connectivity index (χ1n) is 4.66. The first-order valence-corrected chi connectivity index (χ1v) is 4.66. The third-order valence-corrected chi connectivity index (χ3v) is 1.91. The average Bonchev–Trinajstić information content (AvgIpc) is 2.26. The van der Waals surface area contributed by atoms with Gasteiger partial charge in [0.05, 0.1) is 11.5 Å². The molecule has 0 spiro atoms. The minimum atomic E-state index is -0.815. The fourth-order valence-electron chi connectivity index (χ4n) is 1.07. The second-order valence-corrected chi connectivity index (χ2v) is 3.10. The van der Waals surface area contributed by atoms with Crippen LogP contribution in [0, 0.1) is 10.1 Å². The molecular weight excluding hydrogens is 198 g/mol. The monoisotopic (exact) mass is 211 g/mol. The maximum atomic E-state index is 10.5. The molecule has 1 N–H and O–H groups in total. The Morgan fingerprint density at radius 2 is 2.33 bits per heavy atom. The lowest BCUT2D eigenvalue weighted by Gasteiger charge is -2.08. The van der Waals surface area contributed by atoms with Gasteiger partial charge in [0.1, 0.15) is 0 Å². The van der Waals surface area contributed by atoms with Crippen LogP contribution in [0.1, 0.15) is 18.9 Å². The summed E-state index contributed by atoms with van der Waals surface area (Å²) in [5, 5.41) is 19.6. The van der Waals surface area contributed by atoms with Crippen LogP contribution in [-0.2, 0) is 11.3 Å². The number of non-ortho nitro benzene ring substituents is 1. The summed E-state index contributed by atoms with van der Waals surface area (Å²) in [6.45, 7) is 1.97. The Kier molecular flexibility index (Phi) is 4.20. The Bertz CT molecular complexity index is 340. The van der Waals surface area contributed by atoms with Crippen LogP contribution < -0.4 is 0 Å². The molecule has 5 nitrogen and oxygen atoms in total. The van der Waals surface area contributed by atoms with Crippen LogP contribution >= 0.6 is 0 Å². The minimum absolute atomic E-state index is 0.0297. The van der Waals surface area contributed by atoms with Gasteiger partial charge in [0.2, 0.25) is 0 Å². The molecule has 0 saturated carbocycles. The van der Waals surface area contributed by atoms with Gasteiger partial charge in [-0.2, -0.15) is 0 Å². The summed E-state index contributed by atoms with van der Waals surface area (Å²) >= 11 is 0. The van der Waals surface area contributed by atoms with E-state index in [1.807, 2.05) is 0 Å². The fraction of sp³-hybridized carbons (Fsp3) is 0.400.